The number of benzene rings is 1. The van der Waals surface area contributed by atoms with Crippen LogP contribution < -0.4 is 4.72 Å². The van der Waals surface area contributed by atoms with Crippen molar-refractivity contribution in [2.24, 2.45) is 0 Å². The quantitative estimate of drug-likeness (QED) is 0.497. The lowest BCUT2D eigenvalue weighted by Gasteiger charge is -2.26. The van der Waals surface area contributed by atoms with Gasteiger partial charge in [0.1, 0.15) is 21.5 Å². The zero-order valence-electron chi connectivity index (χ0n) is 13.2. The fraction of sp³-hybridized carbons (Fsp3) is 0.125. The highest BCUT2D eigenvalue weighted by Crippen LogP contribution is 2.34. The summed E-state index contributed by atoms with van der Waals surface area (Å²) in [7, 11) is -3.87. The van der Waals surface area contributed by atoms with Crippen LogP contribution in [0, 0.1) is 0 Å². The van der Waals surface area contributed by atoms with Crippen LogP contribution in [0.15, 0.2) is 57.4 Å². The summed E-state index contributed by atoms with van der Waals surface area (Å²) in [5.74, 6) is 0. The number of fused-ring (bicyclic) bond motifs is 1. The molecule has 2 N–H and O–H groups in total. The van der Waals surface area contributed by atoms with E-state index >= 15 is 0 Å². The standard InChI is InChI=1S/C16H13N3O3S4/c20-16(11-6-8-23-9-11,14-5-2-7-24-14)10-17-26(21,22)13-4-1-3-12-15(13)19-25-18-12/h1-9,17,20H,10H2. The molecule has 0 fully saturated rings. The van der Waals surface area contributed by atoms with Crippen molar-refractivity contribution >= 4 is 55.5 Å². The van der Waals surface area contributed by atoms with Crippen molar-refractivity contribution in [3.8, 4) is 0 Å². The molecule has 0 bridgehead atoms. The lowest BCUT2D eigenvalue weighted by Crippen LogP contribution is -2.41. The molecule has 0 aliphatic heterocycles. The predicted molar refractivity (Wildman–Crippen MR) is 104 cm³/mol. The first-order chi connectivity index (χ1) is 12.5. The Labute approximate surface area is 162 Å². The minimum Gasteiger partial charge on any atom is -0.378 e. The summed E-state index contributed by atoms with van der Waals surface area (Å²) in [6.45, 7) is -0.180. The SMILES string of the molecule is O=S(=O)(NCC(O)(c1ccsc1)c1cccs1)c1cccc2nsnc12. The number of nitrogens with zero attached hydrogens (tertiary/aromatic N) is 2. The molecule has 134 valence electrons. The third-order valence-electron chi connectivity index (χ3n) is 3.98. The first-order valence-electron chi connectivity index (χ1n) is 7.51. The summed E-state index contributed by atoms with van der Waals surface area (Å²) in [5.41, 5.74) is 0.0840. The summed E-state index contributed by atoms with van der Waals surface area (Å²) in [6, 6.07) is 10.2. The van der Waals surface area contributed by atoms with Crippen LogP contribution in [0.2, 0.25) is 0 Å². The molecule has 0 aliphatic carbocycles. The number of thiophene rings is 2. The van der Waals surface area contributed by atoms with Crippen LogP contribution >= 0.6 is 34.4 Å². The Hall–Kier alpha value is -1.69. The van der Waals surface area contributed by atoms with Gasteiger partial charge in [-0.1, -0.05) is 12.1 Å². The molecule has 6 nitrogen and oxygen atoms in total. The summed E-state index contributed by atoms with van der Waals surface area (Å²) >= 11 is 3.79. The number of nitrogens with one attached hydrogen (secondary N) is 1. The summed E-state index contributed by atoms with van der Waals surface area (Å²) in [6.07, 6.45) is 0. The van der Waals surface area contributed by atoms with Crippen LogP contribution in [-0.4, -0.2) is 28.8 Å². The summed E-state index contributed by atoms with van der Waals surface area (Å²) in [4.78, 5) is 0.731. The van der Waals surface area contributed by atoms with Gasteiger partial charge in [-0.2, -0.15) is 20.1 Å². The van der Waals surface area contributed by atoms with E-state index in [0.717, 1.165) is 11.7 Å². The number of hydrogen-bond acceptors (Lipinski definition) is 8. The van der Waals surface area contributed by atoms with Crippen molar-refractivity contribution in [1.82, 2.24) is 13.5 Å². The highest BCUT2D eigenvalue weighted by Gasteiger charge is 2.35. The largest absolute Gasteiger partial charge is 0.378 e. The van der Waals surface area contributed by atoms with Crippen molar-refractivity contribution in [2.45, 2.75) is 10.5 Å². The molecule has 3 aromatic heterocycles. The van der Waals surface area contributed by atoms with E-state index < -0.39 is 15.6 Å². The Bertz CT molecular complexity index is 1080. The van der Waals surface area contributed by atoms with Crippen LogP contribution in [0.1, 0.15) is 10.4 Å². The van der Waals surface area contributed by atoms with Crippen LogP contribution in [0.3, 0.4) is 0 Å². The maximum atomic E-state index is 12.9. The molecule has 0 saturated carbocycles. The van der Waals surface area contributed by atoms with Crippen molar-refractivity contribution in [1.29, 1.82) is 0 Å². The molecule has 1 aromatic carbocycles. The first-order valence-corrected chi connectivity index (χ1v) is 11.5. The van der Waals surface area contributed by atoms with Gasteiger partial charge in [0.05, 0.1) is 11.7 Å². The highest BCUT2D eigenvalue weighted by atomic mass is 32.2. The van der Waals surface area contributed by atoms with Crippen LogP contribution in [0.5, 0.6) is 0 Å². The lowest BCUT2D eigenvalue weighted by atomic mass is 9.95. The predicted octanol–water partition coefficient (Wildman–Crippen LogP) is 3.03. The molecular weight excluding hydrogens is 410 g/mol. The zero-order valence-corrected chi connectivity index (χ0v) is 16.5. The van der Waals surface area contributed by atoms with E-state index in [1.54, 1.807) is 24.3 Å². The molecule has 0 spiro atoms. The normalized spacial score (nSPS) is 14.5. The van der Waals surface area contributed by atoms with E-state index in [4.69, 9.17) is 0 Å². The molecule has 0 radical (unpaired) electrons. The maximum absolute atomic E-state index is 12.9. The third kappa shape index (κ3) is 3.08. The molecule has 0 saturated heterocycles. The molecule has 10 heteroatoms. The van der Waals surface area contributed by atoms with E-state index in [1.807, 2.05) is 22.2 Å². The van der Waals surface area contributed by atoms with Crippen LogP contribution in [0.25, 0.3) is 11.0 Å². The molecule has 4 rings (SSSR count). The average Bonchev–Trinajstić information content (AvgIpc) is 3.41. The van der Waals surface area contributed by atoms with Gasteiger partial charge in [-0.05, 0) is 40.4 Å². The second kappa shape index (κ2) is 6.80. The van der Waals surface area contributed by atoms with Gasteiger partial charge < -0.3 is 5.11 Å². The molecule has 1 atom stereocenters. The van der Waals surface area contributed by atoms with Crippen LogP contribution in [-0.2, 0) is 15.6 Å². The van der Waals surface area contributed by atoms with Crippen molar-refractivity contribution in [3.05, 3.63) is 63.0 Å². The Morgan fingerprint density at radius 1 is 1.12 bits per heavy atom. The Kier molecular flexibility index (Phi) is 4.63. The average molecular weight is 424 g/mol. The van der Waals surface area contributed by atoms with Crippen LogP contribution in [0.4, 0.5) is 0 Å². The monoisotopic (exact) mass is 423 g/mol. The van der Waals surface area contributed by atoms with E-state index in [1.165, 1.54) is 28.7 Å². The van der Waals surface area contributed by atoms with E-state index in [-0.39, 0.29) is 11.4 Å². The van der Waals surface area contributed by atoms with Gasteiger partial charge in [0.2, 0.25) is 10.0 Å². The minimum atomic E-state index is -3.87. The minimum absolute atomic E-state index is 0.0580. The lowest BCUT2D eigenvalue weighted by molar-refractivity contribution is 0.0903. The molecular formula is C16H13N3O3S4. The molecule has 26 heavy (non-hydrogen) atoms. The Morgan fingerprint density at radius 2 is 2.00 bits per heavy atom. The van der Waals surface area contributed by atoms with Gasteiger partial charge in [0.15, 0.2) is 0 Å². The number of aromatic nitrogens is 2. The maximum Gasteiger partial charge on any atom is 0.242 e. The topological polar surface area (TPSA) is 92.2 Å². The number of hydrogen-bond donors (Lipinski definition) is 2. The molecule has 4 aromatic rings. The molecule has 1 unspecified atom stereocenters. The highest BCUT2D eigenvalue weighted by molar-refractivity contribution is 7.89. The smallest absolute Gasteiger partial charge is 0.242 e. The fourth-order valence-corrected chi connectivity index (χ4v) is 6.01. The van der Waals surface area contributed by atoms with E-state index in [2.05, 4.69) is 13.5 Å². The van der Waals surface area contributed by atoms with E-state index in [0.29, 0.717) is 21.5 Å². The fourth-order valence-electron chi connectivity index (χ4n) is 2.62. The summed E-state index contributed by atoms with van der Waals surface area (Å²) < 4.78 is 36.4. The van der Waals surface area contributed by atoms with Crippen molar-refractivity contribution < 1.29 is 13.5 Å². The Balaban J connectivity index is 1.69. The molecule has 0 amide bonds. The number of sulfonamides is 1. The van der Waals surface area contributed by atoms with Gasteiger partial charge in [0, 0.05) is 17.0 Å². The van der Waals surface area contributed by atoms with Gasteiger partial charge in [0.25, 0.3) is 0 Å². The van der Waals surface area contributed by atoms with Gasteiger partial charge in [-0.25, -0.2) is 13.1 Å². The molecule has 0 aliphatic rings. The van der Waals surface area contributed by atoms with Gasteiger partial charge >= 0.3 is 0 Å². The first kappa shape index (κ1) is 17.7. The summed E-state index contributed by atoms with van der Waals surface area (Å²) in [5, 5.41) is 16.8. The zero-order chi connectivity index (χ0) is 18.2. The Morgan fingerprint density at radius 3 is 2.73 bits per heavy atom. The molecule has 3 heterocycles. The second-order valence-electron chi connectivity index (χ2n) is 5.56. The number of rotatable bonds is 6. The van der Waals surface area contributed by atoms with Crippen molar-refractivity contribution in [3.63, 3.8) is 0 Å². The number of aliphatic hydroxyl groups is 1. The second-order valence-corrected chi connectivity index (χ2v) is 9.55. The van der Waals surface area contributed by atoms with Gasteiger partial charge in [-0.3, -0.25) is 0 Å². The van der Waals surface area contributed by atoms with Gasteiger partial charge in [-0.15, -0.1) is 11.3 Å². The van der Waals surface area contributed by atoms with E-state index in [9.17, 15) is 13.5 Å². The van der Waals surface area contributed by atoms with Crippen molar-refractivity contribution in [2.75, 3.05) is 6.54 Å². The third-order valence-corrected chi connectivity index (χ3v) is 7.66.